The first-order valence-electron chi connectivity index (χ1n) is 9.68. The number of carbonyl (C=O) groups is 1. The first kappa shape index (κ1) is 22.8. The fourth-order valence-corrected chi connectivity index (χ4v) is 4.31. The van der Waals surface area contributed by atoms with Crippen molar-refractivity contribution in [2.24, 2.45) is 0 Å². The second kappa shape index (κ2) is 8.51. The van der Waals surface area contributed by atoms with E-state index in [2.05, 4.69) is 31.4 Å². The summed E-state index contributed by atoms with van der Waals surface area (Å²) in [5.41, 5.74) is 0.0699. The topological polar surface area (TPSA) is 64.7 Å². The highest BCUT2D eigenvalue weighted by atomic mass is 79.9. The Labute approximate surface area is 193 Å². The highest BCUT2D eigenvalue weighted by Gasteiger charge is 2.43. The van der Waals surface area contributed by atoms with Crippen molar-refractivity contribution in [3.05, 3.63) is 62.7 Å². The van der Waals surface area contributed by atoms with E-state index in [0.717, 1.165) is 23.1 Å². The van der Waals surface area contributed by atoms with Gasteiger partial charge in [-0.1, -0.05) is 23.7 Å². The maximum absolute atomic E-state index is 13.3. The fourth-order valence-electron chi connectivity index (χ4n) is 3.30. The SMILES string of the molecule is CC(C(=O)Nc1nn(Cc2ccc(F)cc2)cc1Cl)n1nc(C(F)(F)F)c(Br)c1C1CC1. The van der Waals surface area contributed by atoms with Crippen molar-refractivity contribution in [1.82, 2.24) is 19.6 Å². The molecule has 0 spiro atoms. The first-order chi connectivity index (χ1) is 15.0. The molecule has 32 heavy (non-hydrogen) atoms. The lowest BCUT2D eigenvalue weighted by Crippen LogP contribution is -2.26. The number of aromatic nitrogens is 4. The molecule has 2 aromatic heterocycles. The number of nitrogens with one attached hydrogen (secondary N) is 1. The zero-order valence-electron chi connectivity index (χ0n) is 16.6. The van der Waals surface area contributed by atoms with Crippen LogP contribution in [0.5, 0.6) is 0 Å². The molecule has 1 aliphatic carbocycles. The molecule has 1 saturated carbocycles. The number of amides is 1. The van der Waals surface area contributed by atoms with Crippen LogP contribution in [0.15, 0.2) is 34.9 Å². The van der Waals surface area contributed by atoms with Gasteiger partial charge in [0.25, 0.3) is 0 Å². The second-order valence-electron chi connectivity index (χ2n) is 7.58. The molecule has 1 N–H and O–H groups in total. The monoisotopic (exact) mass is 533 g/mol. The summed E-state index contributed by atoms with van der Waals surface area (Å²) in [6.45, 7) is 1.75. The van der Waals surface area contributed by atoms with Crippen LogP contribution in [-0.2, 0) is 17.5 Å². The van der Waals surface area contributed by atoms with E-state index >= 15 is 0 Å². The molecule has 0 saturated heterocycles. The van der Waals surface area contributed by atoms with Crippen LogP contribution in [0.1, 0.15) is 48.7 Å². The van der Waals surface area contributed by atoms with Gasteiger partial charge in [0.15, 0.2) is 11.5 Å². The number of carbonyl (C=O) groups excluding carboxylic acids is 1. The van der Waals surface area contributed by atoms with E-state index in [1.165, 1.54) is 29.9 Å². The summed E-state index contributed by atoms with van der Waals surface area (Å²) in [4.78, 5) is 12.8. The largest absolute Gasteiger partial charge is 0.436 e. The van der Waals surface area contributed by atoms with Gasteiger partial charge in [-0.25, -0.2) is 4.39 Å². The Kier molecular flexibility index (Phi) is 6.06. The molecule has 2 heterocycles. The van der Waals surface area contributed by atoms with E-state index in [0.29, 0.717) is 5.69 Å². The third-order valence-corrected chi connectivity index (χ3v) is 6.14. The molecule has 0 radical (unpaired) electrons. The van der Waals surface area contributed by atoms with Crippen molar-refractivity contribution in [1.29, 1.82) is 0 Å². The van der Waals surface area contributed by atoms with Gasteiger partial charge in [0.1, 0.15) is 16.9 Å². The van der Waals surface area contributed by atoms with Gasteiger partial charge in [-0.15, -0.1) is 0 Å². The number of rotatable bonds is 6. The van der Waals surface area contributed by atoms with Crippen LogP contribution in [-0.4, -0.2) is 25.5 Å². The molecule has 1 atom stereocenters. The quantitative estimate of drug-likeness (QED) is 0.408. The van der Waals surface area contributed by atoms with E-state index in [1.807, 2.05) is 0 Å². The number of alkyl halides is 3. The fraction of sp³-hybridized carbons (Fsp3) is 0.350. The zero-order chi connectivity index (χ0) is 23.2. The van der Waals surface area contributed by atoms with Crippen molar-refractivity contribution in [3.63, 3.8) is 0 Å². The molecule has 1 unspecified atom stereocenters. The maximum Gasteiger partial charge on any atom is 0.436 e. The predicted octanol–water partition coefficient (Wildman–Crippen LogP) is 5.78. The second-order valence-corrected chi connectivity index (χ2v) is 8.78. The average molecular weight is 535 g/mol. The molecule has 1 fully saturated rings. The molecule has 3 aromatic rings. The van der Waals surface area contributed by atoms with Crippen LogP contribution in [0.4, 0.5) is 23.4 Å². The van der Waals surface area contributed by atoms with Crippen LogP contribution in [0.2, 0.25) is 5.02 Å². The van der Waals surface area contributed by atoms with Crippen molar-refractivity contribution >= 4 is 39.3 Å². The van der Waals surface area contributed by atoms with Crippen molar-refractivity contribution in [2.75, 3.05) is 5.32 Å². The number of hydrogen-bond acceptors (Lipinski definition) is 3. The summed E-state index contributed by atoms with van der Waals surface area (Å²) >= 11 is 9.19. The van der Waals surface area contributed by atoms with E-state index < -0.39 is 23.8 Å². The Balaban J connectivity index is 1.53. The summed E-state index contributed by atoms with van der Waals surface area (Å²) in [5, 5.41) is 10.6. The summed E-state index contributed by atoms with van der Waals surface area (Å²) < 4.78 is 55.5. The zero-order valence-corrected chi connectivity index (χ0v) is 19.0. The number of anilines is 1. The van der Waals surface area contributed by atoms with Gasteiger partial charge in [0, 0.05) is 12.1 Å². The highest BCUT2D eigenvalue weighted by Crippen LogP contribution is 2.47. The third-order valence-electron chi connectivity index (χ3n) is 5.08. The van der Waals surface area contributed by atoms with Crippen LogP contribution >= 0.6 is 27.5 Å². The molecule has 170 valence electrons. The van der Waals surface area contributed by atoms with Crippen LogP contribution < -0.4 is 5.32 Å². The lowest BCUT2D eigenvalue weighted by molar-refractivity contribution is -0.142. The van der Waals surface area contributed by atoms with E-state index in [1.54, 1.807) is 12.1 Å². The van der Waals surface area contributed by atoms with Gasteiger partial charge in [-0.05, 0) is 53.4 Å². The maximum atomic E-state index is 13.3. The van der Waals surface area contributed by atoms with E-state index in [9.17, 15) is 22.4 Å². The smallest absolute Gasteiger partial charge is 0.306 e. The van der Waals surface area contributed by atoms with Crippen LogP contribution in [0.3, 0.4) is 0 Å². The Morgan fingerprint density at radius 2 is 1.94 bits per heavy atom. The average Bonchev–Trinajstić information content (AvgIpc) is 3.40. The lowest BCUT2D eigenvalue weighted by atomic mass is 10.2. The normalized spacial score (nSPS) is 15.1. The summed E-state index contributed by atoms with van der Waals surface area (Å²) in [6, 6.07) is 4.80. The van der Waals surface area contributed by atoms with Gasteiger partial charge in [-0.3, -0.25) is 14.2 Å². The van der Waals surface area contributed by atoms with Crippen molar-refractivity contribution in [3.8, 4) is 0 Å². The Morgan fingerprint density at radius 3 is 2.53 bits per heavy atom. The Hall–Kier alpha value is -2.40. The molecule has 0 aliphatic heterocycles. The molecule has 1 aromatic carbocycles. The molecule has 4 rings (SSSR count). The van der Waals surface area contributed by atoms with E-state index in [-0.39, 0.29) is 33.6 Å². The predicted molar refractivity (Wildman–Crippen MR) is 113 cm³/mol. The molecule has 1 amide bonds. The lowest BCUT2D eigenvalue weighted by Gasteiger charge is -2.15. The minimum absolute atomic E-state index is 0.0702. The number of benzene rings is 1. The molecule has 12 heteroatoms. The van der Waals surface area contributed by atoms with Crippen LogP contribution in [0.25, 0.3) is 0 Å². The summed E-state index contributed by atoms with van der Waals surface area (Å²) in [5.74, 6) is -0.981. The Morgan fingerprint density at radius 1 is 1.28 bits per heavy atom. The summed E-state index contributed by atoms with van der Waals surface area (Å²) in [7, 11) is 0. The Bertz CT molecular complexity index is 1150. The van der Waals surface area contributed by atoms with Crippen molar-refractivity contribution in [2.45, 2.75) is 44.4 Å². The summed E-state index contributed by atoms with van der Waals surface area (Å²) in [6.07, 6.45) is -1.69. The minimum atomic E-state index is -4.65. The van der Waals surface area contributed by atoms with Gasteiger partial charge < -0.3 is 5.32 Å². The highest BCUT2D eigenvalue weighted by molar-refractivity contribution is 9.10. The standard InChI is InChI=1S/C20H17BrClF4N5O/c1-10(31-16(12-4-5-12)15(21)17(28-31)20(24,25)26)19(32)27-18-14(22)9-30(29-18)8-11-2-6-13(23)7-3-11/h2-3,6-7,9-10,12H,4-5,8H2,1H3,(H,27,29,32). The number of nitrogens with zero attached hydrogens (tertiary/aromatic N) is 4. The molecular formula is C20H17BrClF4N5O. The molecule has 1 aliphatic rings. The van der Waals surface area contributed by atoms with Gasteiger partial charge in [-0.2, -0.15) is 23.4 Å². The van der Waals surface area contributed by atoms with Gasteiger partial charge >= 0.3 is 6.18 Å². The number of hydrogen-bond donors (Lipinski definition) is 1. The molecule has 6 nitrogen and oxygen atoms in total. The van der Waals surface area contributed by atoms with Gasteiger partial charge in [0.05, 0.1) is 16.7 Å². The number of halogens is 6. The third kappa shape index (κ3) is 4.68. The van der Waals surface area contributed by atoms with Crippen LogP contribution in [0, 0.1) is 5.82 Å². The minimum Gasteiger partial charge on any atom is -0.306 e. The van der Waals surface area contributed by atoms with E-state index in [4.69, 9.17) is 11.6 Å². The molecule has 0 bridgehead atoms. The first-order valence-corrected chi connectivity index (χ1v) is 10.8. The molecular weight excluding hydrogens is 518 g/mol. The van der Waals surface area contributed by atoms with Crippen molar-refractivity contribution < 1.29 is 22.4 Å². The van der Waals surface area contributed by atoms with Gasteiger partial charge in [0.2, 0.25) is 5.91 Å².